The van der Waals surface area contributed by atoms with E-state index in [1.807, 2.05) is 0 Å². The number of carbonyl (C=O) groups is 3. The van der Waals surface area contributed by atoms with Gasteiger partial charge in [0.2, 0.25) is 5.91 Å². The Balaban J connectivity index is 2.24. The highest BCUT2D eigenvalue weighted by atomic mass is 16.5. The van der Waals surface area contributed by atoms with Crippen molar-refractivity contribution in [3.63, 3.8) is 0 Å². The number of imide groups is 1. The highest BCUT2D eigenvalue weighted by Gasteiger charge is 2.14. The van der Waals surface area contributed by atoms with Gasteiger partial charge in [0.05, 0.1) is 19.9 Å². The molecule has 0 radical (unpaired) electrons. The summed E-state index contributed by atoms with van der Waals surface area (Å²) in [6.45, 7) is 0.616. The molecule has 1 N–H and O–H groups in total. The van der Waals surface area contributed by atoms with E-state index >= 15 is 0 Å². The Bertz CT molecular complexity index is 455. The number of rotatable bonds is 7. The molecule has 0 unspecified atom stereocenters. The second kappa shape index (κ2) is 8.11. The van der Waals surface area contributed by atoms with Gasteiger partial charge in [-0.05, 0) is 32.1 Å². The third kappa shape index (κ3) is 5.66. The third-order valence-electron chi connectivity index (χ3n) is 2.56. The first-order valence-electron chi connectivity index (χ1n) is 6.16. The maximum Gasteiger partial charge on any atom is 0.305 e. The zero-order valence-electron chi connectivity index (χ0n) is 11.5. The smallest absolute Gasteiger partial charge is 0.305 e. The lowest BCUT2D eigenvalue weighted by molar-refractivity contribution is -0.140. The topological polar surface area (TPSA) is 88.9 Å². The number of hydrogen-bond donors (Lipinski definition) is 1. The van der Waals surface area contributed by atoms with Crippen LogP contribution in [0.1, 0.15) is 23.4 Å². The lowest BCUT2D eigenvalue weighted by Crippen LogP contribution is -2.38. The van der Waals surface area contributed by atoms with E-state index in [1.54, 1.807) is 18.0 Å². The zero-order valence-corrected chi connectivity index (χ0v) is 11.5. The van der Waals surface area contributed by atoms with E-state index in [9.17, 15) is 14.4 Å². The fourth-order valence-corrected chi connectivity index (χ4v) is 1.56. The van der Waals surface area contributed by atoms with Crippen molar-refractivity contribution >= 4 is 17.8 Å². The molecule has 0 aliphatic rings. The van der Waals surface area contributed by atoms with Crippen molar-refractivity contribution < 1.29 is 23.5 Å². The first kappa shape index (κ1) is 15.9. The summed E-state index contributed by atoms with van der Waals surface area (Å²) in [5.41, 5.74) is 0. The average molecular weight is 282 g/mol. The van der Waals surface area contributed by atoms with Crippen LogP contribution in [0.3, 0.4) is 0 Å². The Morgan fingerprint density at radius 1 is 1.40 bits per heavy atom. The quantitative estimate of drug-likeness (QED) is 0.729. The zero-order chi connectivity index (χ0) is 15.0. The second-order valence-corrected chi connectivity index (χ2v) is 4.27. The molecule has 0 spiro atoms. The highest BCUT2D eigenvalue weighted by Crippen LogP contribution is 1.99. The summed E-state index contributed by atoms with van der Waals surface area (Å²) in [7, 11) is 3.06. The van der Waals surface area contributed by atoms with Crippen LogP contribution in [-0.4, -0.2) is 49.9 Å². The number of amides is 2. The summed E-state index contributed by atoms with van der Waals surface area (Å²) in [6.07, 6.45) is 2.24. The van der Waals surface area contributed by atoms with Crippen LogP contribution >= 0.6 is 0 Å². The van der Waals surface area contributed by atoms with Gasteiger partial charge < -0.3 is 9.15 Å². The van der Waals surface area contributed by atoms with Gasteiger partial charge in [-0.3, -0.25) is 24.6 Å². The number of likely N-dealkylation sites (N-methyl/N-ethyl adjacent to an activating group) is 1. The molecule has 1 heterocycles. The van der Waals surface area contributed by atoms with Crippen LogP contribution in [0.2, 0.25) is 0 Å². The van der Waals surface area contributed by atoms with E-state index < -0.39 is 11.8 Å². The van der Waals surface area contributed by atoms with E-state index in [0.29, 0.717) is 19.4 Å². The fraction of sp³-hybridized carbons (Fsp3) is 0.462. The molecule has 1 rings (SSSR count). The number of carbonyl (C=O) groups excluding carboxylic acids is 3. The van der Waals surface area contributed by atoms with Crippen molar-refractivity contribution in [1.82, 2.24) is 10.2 Å². The number of ether oxygens (including phenoxy) is 1. The number of methoxy groups -OCH3 is 1. The standard InChI is InChI=1S/C13H18N2O5/c1-15(7-3-6-12(17)19-2)9-11(16)14-13(18)10-5-4-8-20-10/h4-5,8H,3,6-7,9H2,1-2H3,(H,14,16,18). The molecule has 0 saturated carbocycles. The van der Waals surface area contributed by atoms with E-state index in [0.717, 1.165) is 0 Å². The molecule has 7 heteroatoms. The first-order chi connectivity index (χ1) is 9.52. The molecule has 0 bridgehead atoms. The second-order valence-electron chi connectivity index (χ2n) is 4.27. The Morgan fingerprint density at radius 3 is 2.75 bits per heavy atom. The maximum atomic E-state index is 11.6. The van der Waals surface area contributed by atoms with Crippen molar-refractivity contribution in [3.8, 4) is 0 Å². The summed E-state index contributed by atoms with van der Waals surface area (Å²) < 4.78 is 9.39. The van der Waals surface area contributed by atoms with E-state index in [4.69, 9.17) is 4.42 Å². The van der Waals surface area contributed by atoms with Gasteiger partial charge in [-0.25, -0.2) is 0 Å². The summed E-state index contributed by atoms with van der Waals surface area (Å²) in [5, 5.41) is 2.22. The fourth-order valence-electron chi connectivity index (χ4n) is 1.56. The molecule has 110 valence electrons. The van der Waals surface area contributed by atoms with E-state index in [2.05, 4.69) is 10.1 Å². The summed E-state index contributed by atoms with van der Waals surface area (Å²) in [4.78, 5) is 35.8. The minimum absolute atomic E-state index is 0.0631. The molecule has 0 aromatic carbocycles. The van der Waals surface area contributed by atoms with E-state index in [1.165, 1.54) is 19.4 Å². The molecule has 1 aromatic heterocycles. The van der Waals surface area contributed by atoms with Crippen LogP contribution in [0.4, 0.5) is 0 Å². The summed E-state index contributed by atoms with van der Waals surface area (Å²) in [5.74, 6) is -1.18. The van der Waals surface area contributed by atoms with Gasteiger partial charge in [0, 0.05) is 6.42 Å². The highest BCUT2D eigenvalue weighted by molar-refractivity contribution is 6.03. The molecule has 0 saturated heterocycles. The van der Waals surface area contributed by atoms with Crippen molar-refractivity contribution in [3.05, 3.63) is 24.2 Å². The number of furan rings is 1. The molecular formula is C13H18N2O5. The van der Waals surface area contributed by atoms with Crippen LogP contribution < -0.4 is 5.32 Å². The molecule has 1 aromatic rings. The van der Waals surface area contributed by atoms with Crippen molar-refractivity contribution in [1.29, 1.82) is 0 Å². The Kier molecular flexibility index (Phi) is 6.45. The van der Waals surface area contributed by atoms with Gasteiger partial charge in [-0.2, -0.15) is 0 Å². The first-order valence-corrected chi connectivity index (χ1v) is 6.16. The van der Waals surface area contributed by atoms with Crippen molar-refractivity contribution in [2.75, 3.05) is 27.2 Å². The van der Waals surface area contributed by atoms with Crippen LogP contribution in [0.15, 0.2) is 22.8 Å². The molecule has 20 heavy (non-hydrogen) atoms. The molecule has 0 aliphatic heterocycles. The van der Waals surface area contributed by atoms with Crippen LogP contribution in [0.5, 0.6) is 0 Å². The van der Waals surface area contributed by atoms with Crippen LogP contribution in [-0.2, 0) is 14.3 Å². The number of nitrogens with one attached hydrogen (secondary N) is 1. The number of hydrogen-bond acceptors (Lipinski definition) is 6. The number of nitrogens with zero attached hydrogens (tertiary/aromatic N) is 1. The van der Waals surface area contributed by atoms with Gasteiger partial charge >= 0.3 is 5.97 Å². The Morgan fingerprint density at radius 2 is 2.15 bits per heavy atom. The lowest BCUT2D eigenvalue weighted by atomic mass is 10.3. The molecule has 0 aliphatic carbocycles. The monoisotopic (exact) mass is 282 g/mol. The van der Waals surface area contributed by atoms with E-state index in [-0.39, 0.29) is 18.3 Å². The Labute approximate surface area is 116 Å². The van der Waals surface area contributed by atoms with Gasteiger partial charge in [0.15, 0.2) is 5.76 Å². The van der Waals surface area contributed by atoms with Gasteiger partial charge in [-0.15, -0.1) is 0 Å². The van der Waals surface area contributed by atoms with Crippen molar-refractivity contribution in [2.24, 2.45) is 0 Å². The molecule has 0 atom stereocenters. The average Bonchev–Trinajstić information content (AvgIpc) is 2.92. The normalized spacial score (nSPS) is 10.3. The summed E-state index contributed by atoms with van der Waals surface area (Å²) in [6, 6.07) is 3.04. The predicted octanol–water partition coefficient (Wildman–Crippen LogP) is 0.421. The van der Waals surface area contributed by atoms with Crippen LogP contribution in [0.25, 0.3) is 0 Å². The minimum Gasteiger partial charge on any atom is -0.469 e. The maximum absolute atomic E-state index is 11.6. The third-order valence-corrected chi connectivity index (χ3v) is 2.56. The molecule has 7 nitrogen and oxygen atoms in total. The number of esters is 1. The van der Waals surface area contributed by atoms with Gasteiger partial charge in [0.1, 0.15) is 0 Å². The summed E-state index contributed by atoms with van der Waals surface area (Å²) >= 11 is 0. The molecule has 0 fully saturated rings. The molecule has 2 amide bonds. The largest absolute Gasteiger partial charge is 0.469 e. The predicted molar refractivity (Wildman–Crippen MR) is 69.9 cm³/mol. The SMILES string of the molecule is COC(=O)CCCN(C)CC(=O)NC(=O)c1ccco1. The van der Waals surface area contributed by atoms with Gasteiger partial charge in [0.25, 0.3) is 5.91 Å². The minimum atomic E-state index is -0.567. The lowest BCUT2D eigenvalue weighted by Gasteiger charge is -2.15. The van der Waals surface area contributed by atoms with Gasteiger partial charge in [-0.1, -0.05) is 0 Å². The van der Waals surface area contributed by atoms with Crippen molar-refractivity contribution in [2.45, 2.75) is 12.8 Å². The Hall–Kier alpha value is -2.15. The molecular weight excluding hydrogens is 264 g/mol. The van der Waals surface area contributed by atoms with Crippen LogP contribution in [0, 0.1) is 0 Å².